The molecule has 0 aromatic heterocycles. The van der Waals surface area contributed by atoms with Gasteiger partial charge in [-0.25, -0.2) is 0 Å². The Balaban J connectivity index is 0.00000408. The zero-order chi connectivity index (χ0) is 23.6. The fraction of sp³-hybridized carbons (Fsp3) is 0.259. The molecule has 3 aromatic carbocycles. The van der Waals surface area contributed by atoms with Gasteiger partial charge in [0.1, 0.15) is 29.4 Å². The van der Waals surface area contributed by atoms with Gasteiger partial charge in [-0.05, 0) is 72.9 Å². The number of carboxylic acids is 1. The van der Waals surface area contributed by atoms with Crippen molar-refractivity contribution in [2.45, 2.75) is 26.2 Å². The maximum atomic E-state index is 12.1. The number of fused-ring (bicyclic) bond motifs is 1. The fourth-order valence-corrected chi connectivity index (χ4v) is 3.44. The second-order valence-corrected chi connectivity index (χ2v) is 7.55. The van der Waals surface area contributed by atoms with E-state index < -0.39 is 5.97 Å². The van der Waals surface area contributed by atoms with Gasteiger partial charge in [0, 0.05) is 0 Å². The van der Waals surface area contributed by atoms with Crippen LogP contribution >= 0.6 is 0 Å². The molecule has 0 fully saturated rings. The van der Waals surface area contributed by atoms with Crippen LogP contribution < -0.4 is 48.9 Å². The maximum absolute atomic E-state index is 12.1. The molecule has 0 spiro atoms. The zero-order valence-corrected chi connectivity index (χ0v) is 21.7. The zero-order valence-electron chi connectivity index (χ0n) is 19.7. The molecule has 0 radical (unpaired) electrons. The van der Waals surface area contributed by atoms with Crippen LogP contribution in [0.2, 0.25) is 0 Å². The molecule has 0 amide bonds. The number of ketones is 1. The van der Waals surface area contributed by atoms with E-state index in [1.54, 1.807) is 36.4 Å². The first-order valence-electron chi connectivity index (χ1n) is 10.9. The number of carbonyl (C=O) groups is 2. The van der Waals surface area contributed by atoms with Gasteiger partial charge in [0.25, 0.3) is 0 Å². The molecule has 0 atom stereocenters. The second-order valence-electron chi connectivity index (χ2n) is 7.55. The molecular weight excluding hydrogens is 443 g/mol. The molecule has 172 valence electrons. The predicted molar refractivity (Wildman–Crippen MR) is 125 cm³/mol. The van der Waals surface area contributed by atoms with Crippen molar-refractivity contribution in [3.63, 3.8) is 0 Å². The number of ether oxygens (including phenoxy) is 3. The first-order valence-corrected chi connectivity index (χ1v) is 10.9. The van der Waals surface area contributed by atoms with Crippen molar-refractivity contribution in [3.8, 4) is 17.2 Å². The first kappa shape index (κ1) is 27.4. The van der Waals surface area contributed by atoms with Gasteiger partial charge in [0.15, 0.2) is 5.78 Å². The molecule has 34 heavy (non-hydrogen) atoms. The van der Waals surface area contributed by atoms with Crippen molar-refractivity contribution < 1.29 is 58.5 Å². The van der Waals surface area contributed by atoms with Gasteiger partial charge in [0.2, 0.25) is 0 Å². The van der Waals surface area contributed by atoms with Gasteiger partial charge in [-0.3, -0.25) is 4.79 Å². The minimum absolute atomic E-state index is 0. The summed E-state index contributed by atoms with van der Waals surface area (Å²) in [6.45, 7) is 6.49. The van der Waals surface area contributed by atoms with E-state index in [0.717, 1.165) is 35.8 Å². The first-order chi connectivity index (χ1) is 16.0. The quantitative estimate of drug-likeness (QED) is 0.163. The summed E-state index contributed by atoms with van der Waals surface area (Å²) in [5, 5.41) is 12.7. The third kappa shape index (κ3) is 7.62. The Morgan fingerprint density at radius 2 is 1.53 bits per heavy atom. The molecular formula is C27H27NaO6. The standard InChI is InChI=1S/C27H28O6.Na/c1-3-14-32-24-8-7-9-25(26(24)19(2)28)33-16-6-4-5-15-31-23-13-12-20-17-22(27(29)30)11-10-21(20)18-23;/h3,7-13,17-18H,1,4-6,14-16H2,2H3,(H,29,30);/q;+1/p-1. The average molecular weight is 470 g/mol. The molecule has 0 bridgehead atoms. The summed E-state index contributed by atoms with van der Waals surface area (Å²) in [5.41, 5.74) is 0.607. The molecule has 0 saturated heterocycles. The molecule has 0 heterocycles. The van der Waals surface area contributed by atoms with E-state index in [4.69, 9.17) is 14.2 Å². The van der Waals surface area contributed by atoms with Crippen LogP contribution in [-0.4, -0.2) is 31.6 Å². The molecule has 0 aliphatic rings. The Morgan fingerprint density at radius 1 is 0.882 bits per heavy atom. The van der Waals surface area contributed by atoms with Crippen molar-refractivity contribution in [2.24, 2.45) is 0 Å². The monoisotopic (exact) mass is 470 g/mol. The van der Waals surface area contributed by atoms with Crippen LogP contribution in [0.5, 0.6) is 17.2 Å². The number of hydrogen-bond donors (Lipinski definition) is 0. The third-order valence-electron chi connectivity index (χ3n) is 5.06. The van der Waals surface area contributed by atoms with E-state index in [0.29, 0.717) is 36.9 Å². The molecule has 0 saturated carbocycles. The number of carboxylic acid groups (broad SMARTS) is 1. The maximum Gasteiger partial charge on any atom is 1.00 e. The van der Waals surface area contributed by atoms with Crippen molar-refractivity contribution in [3.05, 3.63) is 78.4 Å². The Labute approximate surface area is 221 Å². The van der Waals surface area contributed by atoms with Gasteiger partial charge in [-0.15, -0.1) is 0 Å². The van der Waals surface area contributed by atoms with Gasteiger partial charge in [0.05, 0.1) is 19.2 Å². The fourth-order valence-electron chi connectivity index (χ4n) is 3.44. The van der Waals surface area contributed by atoms with Crippen LogP contribution in [0.1, 0.15) is 46.9 Å². The van der Waals surface area contributed by atoms with Crippen LogP contribution in [-0.2, 0) is 0 Å². The molecule has 0 unspecified atom stereocenters. The second kappa shape index (κ2) is 13.8. The summed E-state index contributed by atoms with van der Waals surface area (Å²) in [4.78, 5) is 23.0. The Bertz CT molecular complexity index is 1140. The van der Waals surface area contributed by atoms with E-state index in [1.165, 1.54) is 13.0 Å². The molecule has 3 rings (SSSR count). The number of rotatable bonds is 13. The summed E-state index contributed by atoms with van der Waals surface area (Å²) >= 11 is 0. The minimum atomic E-state index is -1.19. The van der Waals surface area contributed by atoms with Crippen LogP contribution in [0, 0.1) is 0 Å². The van der Waals surface area contributed by atoms with Crippen molar-refractivity contribution in [2.75, 3.05) is 19.8 Å². The van der Waals surface area contributed by atoms with Crippen LogP contribution in [0.4, 0.5) is 0 Å². The number of hydrogen-bond acceptors (Lipinski definition) is 6. The average Bonchev–Trinajstić information content (AvgIpc) is 2.81. The smallest absolute Gasteiger partial charge is 0.545 e. The molecule has 7 heteroatoms. The number of carbonyl (C=O) groups excluding carboxylic acids is 2. The van der Waals surface area contributed by atoms with E-state index >= 15 is 0 Å². The summed E-state index contributed by atoms with van der Waals surface area (Å²) in [5.74, 6) is 0.469. The van der Waals surface area contributed by atoms with Crippen molar-refractivity contribution >= 4 is 22.5 Å². The molecule has 0 aliphatic carbocycles. The molecule has 0 aliphatic heterocycles. The van der Waals surface area contributed by atoms with E-state index in [2.05, 4.69) is 6.58 Å². The molecule has 0 N–H and O–H groups in total. The number of aromatic carboxylic acids is 1. The third-order valence-corrected chi connectivity index (χ3v) is 5.06. The summed E-state index contributed by atoms with van der Waals surface area (Å²) in [6, 6.07) is 15.7. The number of Topliss-reactive ketones (excluding diaryl/α,β-unsaturated/α-hetero) is 1. The van der Waals surface area contributed by atoms with Crippen molar-refractivity contribution in [1.29, 1.82) is 0 Å². The largest absolute Gasteiger partial charge is 1.00 e. The van der Waals surface area contributed by atoms with Crippen LogP contribution in [0.15, 0.2) is 67.3 Å². The topological polar surface area (TPSA) is 84.9 Å². The van der Waals surface area contributed by atoms with Crippen LogP contribution in [0.25, 0.3) is 10.8 Å². The van der Waals surface area contributed by atoms with E-state index in [9.17, 15) is 14.7 Å². The SMILES string of the molecule is C=CCOc1cccc(OCCCCCOc2ccc3cc(C(=O)[O-])ccc3c2)c1C(C)=O.[Na+]. The number of unbranched alkanes of at least 4 members (excludes halogenated alkanes) is 2. The minimum Gasteiger partial charge on any atom is -0.545 e. The van der Waals surface area contributed by atoms with Gasteiger partial charge < -0.3 is 24.1 Å². The van der Waals surface area contributed by atoms with Gasteiger partial charge in [-0.2, -0.15) is 0 Å². The predicted octanol–water partition coefficient (Wildman–Crippen LogP) is 1.60. The summed E-state index contributed by atoms with van der Waals surface area (Å²) in [7, 11) is 0. The van der Waals surface area contributed by atoms with Gasteiger partial charge >= 0.3 is 29.6 Å². The normalized spacial score (nSPS) is 10.3. The van der Waals surface area contributed by atoms with E-state index in [1.807, 2.05) is 18.2 Å². The Hall–Kier alpha value is -2.80. The van der Waals surface area contributed by atoms with Gasteiger partial charge in [-0.1, -0.05) is 36.9 Å². The summed E-state index contributed by atoms with van der Waals surface area (Å²) < 4.78 is 17.2. The molecule has 6 nitrogen and oxygen atoms in total. The van der Waals surface area contributed by atoms with Crippen LogP contribution in [0.3, 0.4) is 0 Å². The van der Waals surface area contributed by atoms with Crippen molar-refractivity contribution in [1.82, 2.24) is 0 Å². The molecule has 3 aromatic rings. The number of benzene rings is 3. The van der Waals surface area contributed by atoms with E-state index in [-0.39, 0.29) is 40.9 Å². The Morgan fingerprint density at radius 3 is 2.21 bits per heavy atom. The summed E-state index contributed by atoms with van der Waals surface area (Å²) in [6.07, 6.45) is 4.21. The Kier molecular flexibility index (Phi) is 11.1.